The molecule has 1 aromatic carbocycles. The van der Waals surface area contributed by atoms with E-state index in [4.69, 9.17) is 9.84 Å². The fourth-order valence-electron chi connectivity index (χ4n) is 1.70. The highest BCUT2D eigenvalue weighted by molar-refractivity contribution is 5.87. The Morgan fingerprint density at radius 1 is 1.32 bits per heavy atom. The number of aryl methyl sites for hydroxylation is 1. The van der Waals surface area contributed by atoms with Crippen LogP contribution in [0.15, 0.2) is 24.3 Å². The predicted molar refractivity (Wildman–Crippen MR) is 65.7 cm³/mol. The van der Waals surface area contributed by atoms with Crippen LogP contribution >= 0.6 is 0 Å². The van der Waals surface area contributed by atoms with Gasteiger partial charge in [0, 0.05) is 5.56 Å². The number of carboxylic acids is 1. The van der Waals surface area contributed by atoms with Gasteiger partial charge in [-0.15, -0.1) is 0 Å². The number of hydrogen-bond acceptors (Lipinski definition) is 4. The van der Waals surface area contributed by atoms with E-state index in [0.717, 1.165) is 0 Å². The highest BCUT2D eigenvalue weighted by atomic mass is 19.1. The maximum Gasteiger partial charge on any atom is 0.354 e. The molecule has 1 N–H and O–H groups in total. The first-order valence-electron chi connectivity index (χ1n) is 5.44. The van der Waals surface area contributed by atoms with Gasteiger partial charge < -0.3 is 9.84 Å². The third kappa shape index (κ3) is 2.67. The lowest BCUT2D eigenvalue weighted by atomic mass is 10.1. The van der Waals surface area contributed by atoms with E-state index in [1.165, 1.54) is 31.4 Å². The fraction of sp³-hybridized carbons (Fsp3) is 0.154. The Balaban J connectivity index is 2.64. The molecule has 0 saturated heterocycles. The van der Waals surface area contributed by atoms with E-state index in [1.807, 2.05) is 0 Å². The van der Waals surface area contributed by atoms with E-state index in [9.17, 15) is 9.18 Å². The molecule has 19 heavy (non-hydrogen) atoms. The zero-order valence-corrected chi connectivity index (χ0v) is 10.3. The molecule has 1 heterocycles. The standard InChI is InChI=1S/C13H11FN2O3/c1-7-15-10(6-11(16-7)13(17)18)9-5-8(14)3-4-12(9)19-2/h3-6H,1-2H3,(H,17,18). The smallest absolute Gasteiger partial charge is 0.354 e. The van der Waals surface area contributed by atoms with Gasteiger partial charge in [0.1, 0.15) is 17.4 Å². The Kier molecular flexibility index (Phi) is 3.41. The molecule has 0 fully saturated rings. The second kappa shape index (κ2) is 5.01. The molecule has 0 saturated carbocycles. The molecular weight excluding hydrogens is 251 g/mol. The zero-order valence-electron chi connectivity index (χ0n) is 10.3. The first-order chi connectivity index (χ1) is 9.01. The van der Waals surface area contributed by atoms with Crippen molar-refractivity contribution in [2.75, 3.05) is 7.11 Å². The molecule has 0 aliphatic heterocycles. The fourth-order valence-corrected chi connectivity index (χ4v) is 1.70. The van der Waals surface area contributed by atoms with Crippen LogP contribution in [-0.2, 0) is 0 Å². The zero-order chi connectivity index (χ0) is 14.0. The average molecular weight is 262 g/mol. The van der Waals surface area contributed by atoms with E-state index >= 15 is 0 Å². The van der Waals surface area contributed by atoms with Crippen LogP contribution in [0.4, 0.5) is 4.39 Å². The number of ether oxygens (including phenoxy) is 1. The molecule has 0 atom stereocenters. The second-order valence-electron chi connectivity index (χ2n) is 3.84. The molecule has 98 valence electrons. The number of rotatable bonds is 3. The summed E-state index contributed by atoms with van der Waals surface area (Å²) < 4.78 is 18.4. The molecule has 0 spiro atoms. The van der Waals surface area contributed by atoms with Gasteiger partial charge in [0.05, 0.1) is 12.8 Å². The van der Waals surface area contributed by atoms with Gasteiger partial charge in [0.15, 0.2) is 5.69 Å². The second-order valence-corrected chi connectivity index (χ2v) is 3.84. The van der Waals surface area contributed by atoms with Crippen LogP contribution in [-0.4, -0.2) is 28.2 Å². The number of aromatic nitrogens is 2. The molecule has 2 rings (SSSR count). The SMILES string of the molecule is COc1ccc(F)cc1-c1cc(C(=O)O)nc(C)n1. The van der Waals surface area contributed by atoms with Gasteiger partial charge in [-0.1, -0.05) is 0 Å². The third-order valence-corrected chi connectivity index (χ3v) is 2.49. The molecule has 0 aliphatic rings. The Bertz CT molecular complexity index is 644. The van der Waals surface area contributed by atoms with Crippen molar-refractivity contribution in [3.8, 4) is 17.0 Å². The van der Waals surface area contributed by atoms with Gasteiger partial charge in [-0.2, -0.15) is 0 Å². The van der Waals surface area contributed by atoms with Crippen molar-refractivity contribution in [1.29, 1.82) is 0 Å². The van der Waals surface area contributed by atoms with Crippen molar-refractivity contribution in [1.82, 2.24) is 9.97 Å². The predicted octanol–water partition coefficient (Wildman–Crippen LogP) is 2.30. The Hall–Kier alpha value is -2.50. The van der Waals surface area contributed by atoms with Crippen LogP contribution in [0.1, 0.15) is 16.3 Å². The molecule has 0 unspecified atom stereocenters. The van der Waals surface area contributed by atoms with Gasteiger partial charge in [-0.3, -0.25) is 0 Å². The molecule has 5 nitrogen and oxygen atoms in total. The van der Waals surface area contributed by atoms with Crippen molar-refractivity contribution >= 4 is 5.97 Å². The van der Waals surface area contributed by atoms with Crippen LogP contribution in [0.5, 0.6) is 5.75 Å². The summed E-state index contributed by atoms with van der Waals surface area (Å²) in [6, 6.07) is 5.25. The Morgan fingerprint density at radius 2 is 2.05 bits per heavy atom. The maximum atomic E-state index is 13.3. The number of methoxy groups -OCH3 is 1. The summed E-state index contributed by atoms with van der Waals surface area (Å²) in [5.41, 5.74) is 0.547. The van der Waals surface area contributed by atoms with Crippen LogP contribution in [0.3, 0.4) is 0 Å². The summed E-state index contributed by atoms with van der Waals surface area (Å²) in [6.45, 7) is 1.57. The summed E-state index contributed by atoms with van der Waals surface area (Å²) in [6.07, 6.45) is 0. The number of carbonyl (C=O) groups is 1. The Labute approximate surface area is 108 Å². The summed E-state index contributed by atoms with van der Waals surface area (Å²) in [4.78, 5) is 18.9. The van der Waals surface area contributed by atoms with Crippen LogP contribution in [0, 0.1) is 12.7 Å². The lowest BCUT2D eigenvalue weighted by Gasteiger charge is -2.09. The summed E-state index contributed by atoms with van der Waals surface area (Å²) in [7, 11) is 1.45. The topological polar surface area (TPSA) is 72.3 Å². The number of carboxylic acid groups (broad SMARTS) is 1. The van der Waals surface area contributed by atoms with Crippen LogP contribution in [0.2, 0.25) is 0 Å². The highest BCUT2D eigenvalue weighted by Gasteiger charge is 2.13. The summed E-state index contributed by atoms with van der Waals surface area (Å²) in [5, 5.41) is 8.97. The summed E-state index contributed by atoms with van der Waals surface area (Å²) in [5.74, 6) is -0.914. The number of aromatic carboxylic acids is 1. The van der Waals surface area contributed by atoms with Gasteiger partial charge >= 0.3 is 5.97 Å². The van der Waals surface area contributed by atoms with Gasteiger partial charge in [0.25, 0.3) is 0 Å². The van der Waals surface area contributed by atoms with Crippen molar-refractivity contribution in [2.24, 2.45) is 0 Å². The van der Waals surface area contributed by atoms with Crippen molar-refractivity contribution in [3.05, 3.63) is 41.6 Å². The normalized spacial score (nSPS) is 10.3. The van der Waals surface area contributed by atoms with E-state index in [0.29, 0.717) is 22.8 Å². The number of nitrogens with zero attached hydrogens (tertiary/aromatic N) is 2. The minimum absolute atomic E-state index is 0.145. The van der Waals surface area contributed by atoms with E-state index in [-0.39, 0.29) is 5.69 Å². The maximum absolute atomic E-state index is 13.3. The van der Waals surface area contributed by atoms with Crippen molar-refractivity contribution in [3.63, 3.8) is 0 Å². The number of halogens is 1. The molecule has 0 bridgehead atoms. The van der Waals surface area contributed by atoms with Gasteiger partial charge in [0.2, 0.25) is 0 Å². The van der Waals surface area contributed by atoms with Crippen molar-refractivity contribution < 1.29 is 19.0 Å². The molecule has 0 aliphatic carbocycles. The molecule has 1 aromatic heterocycles. The van der Waals surface area contributed by atoms with Gasteiger partial charge in [-0.05, 0) is 31.2 Å². The van der Waals surface area contributed by atoms with Crippen LogP contribution in [0.25, 0.3) is 11.3 Å². The molecule has 0 radical (unpaired) electrons. The monoisotopic (exact) mass is 262 g/mol. The number of hydrogen-bond donors (Lipinski definition) is 1. The quantitative estimate of drug-likeness (QED) is 0.918. The largest absolute Gasteiger partial charge is 0.496 e. The molecule has 0 amide bonds. The van der Waals surface area contributed by atoms with E-state index in [1.54, 1.807) is 6.92 Å². The number of benzene rings is 1. The summed E-state index contributed by atoms with van der Waals surface area (Å²) >= 11 is 0. The molecule has 2 aromatic rings. The van der Waals surface area contributed by atoms with E-state index < -0.39 is 11.8 Å². The third-order valence-electron chi connectivity index (χ3n) is 2.49. The van der Waals surface area contributed by atoms with E-state index in [2.05, 4.69) is 9.97 Å². The highest BCUT2D eigenvalue weighted by Crippen LogP contribution is 2.29. The Morgan fingerprint density at radius 3 is 2.68 bits per heavy atom. The lowest BCUT2D eigenvalue weighted by Crippen LogP contribution is -2.04. The lowest BCUT2D eigenvalue weighted by molar-refractivity contribution is 0.0690. The van der Waals surface area contributed by atoms with Crippen LogP contribution < -0.4 is 4.74 Å². The molecular formula is C13H11FN2O3. The van der Waals surface area contributed by atoms with Crippen molar-refractivity contribution in [2.45, 2.75) is 6.92 Å². The first-order valence-corrected chi connectivity index (χ1v) is 5.44. The van der Waals surface area contributed by atoms with Gasteiger partial charge in [-0.25, -0.2) is 19.2 Å². The first kappa shape index (κ1) is 12.9. The molecule has 6 heteroatoms. The average Bonchev–Trinajstić information content (AvgIpc) is 2.37. The minimum atomic E-state index is -1.16. The minimum Gasteiger partial charge on any atom is -0.496 e.